The van der Waals surface area contributed by atoms with Gasteiger partial charge in [0.2, 0.25) is 0 Å². The van der Waals surface area contributed by atoms with E-state index in [1.165, 1.54) is 17.7 Å². The fourth-order valence-corrected chi connectivity index (χ4v) is 4.43. The Bertz CT molecular complexity index is 1040. The number of morpholine rings is 1. The van der Waals surface area contributed by atoms with E-state index in [4.69, 9.17) is 8.92 Å². The maximum Gasteiger partial charge on any atom is 0.339 e. The minimum absolute atomic E-state index is 0.130. The quantitative estimate of drug-likeness (QED) is 0.576. The Balaban J connectivity index is 1.53. The van der Waals surface area contributed by atoms with Gasteiger partial charge in [0.1, 0.15) is 10.6 Å². The van der Waals surface area contributed by atoms with Gasteiger partial charge in [-0.05, 0) is 23.8 Å². The summed E-state index contributed by atoms with van der Waals surface area (Å²) in [6.45, 7) is 2.90. The van der Waals surface area contributed by atoms with E-state index in [-0.39, 0.29) is 11.0 Å². The van der Waals surface area contributed by atoms with E-state index in [9.17, 15) is 8.42 Å². The summed E-state index contributed by atoms with van der Waals surface area (Å²) in [6.07, 6.45) is -0.255. The van der Waals surface area contributed by atoms with Gasteiger partial charge in [0, 0.05) is 25.2 Å². The summed E-state index contributed by atoms with van der Waals surface area (Å²) in [7, 11) is -3.91. The maximum absolute atomic E-state index is 12.7. The molecule has 0 spiro atoms. The summed E-state index contributed by atoms with van der Waals surface area (Å²) < 4.78 is 36.8. The SMILES string of the molecule is O=S(=O)(Oc1ccccc1[C@@H]1CN(Cc2ccccc2)CCO1)c1ccccc1. The molecule has 1 aliphatic heterocycles. The number of ether oxygens (including phenoxy) is 1. The second-order valence-corrected chi connectivity index (χ2v) is 8.51. The van der Waals surface area contributed by atoms with Crippen LogP contribution in [-0.4, -0.2) is 33.0 Å². The molecule has 1 aliphatic rings. The molecule has 0 aromatic heterocycles. The van der Waals surface area contributed by atoms with Gasteiger partial charge in [0.15, 0.2) is 0 Å². The number of hydrogen-bond acceptors (Lipinski definition) is 5. The number of rotatable bonds is 6. The highest BCUT2D eigenvalue weighted by atomic mass is 32.2. The smallest absolute Gasteiger partial charge is 0.339 e. The third-order valence-electron chi connectivity index (χ3n) is 4.90. The summed E-state index contributed by atoms with van der Waals surface area (Å²) in [5, 5.41) is 0. The van der Waals surface area contributed by atoms with Crippen LogP contribution < -0.4 is 4.18 Å². The van der Waals surface area contributed by atoms with Crippen LogP contribution in [0.1, 0.15) is 17.2 Å². The van der Waals surface area contributed by atoms with Gasteiger partial charge in [-0.3, -0.25) is 4.90 Å². The summed E-state index contributed by atoms with van der Waals surface area (Å²) >= 11 is 0. The van der Waals surface area contributed by atoms with Gasteiger partial charge in [-0.2, -0.15) is 8.42 Å². The molecule has 0 N–H and O–H groups in total. The highest BCUT2D eigenvalue weighted by Gasteiger charge is 2.26. The van der Waals surface area contributed by atoms with Crippen LogP contribution in [0.25, 0.3) is 0 Å². The van der Waals surface area contributed by atoms with Crippen molar-refractivity contribution in [2.24, 2.45) is 0 Å². The molecule has 3 aromatic rings. The van der Waals surface area contributed by atoms with Crippen molar-refractivity contribution in [3.63, 3.8) is 0 Å². The van der Waals surface area contributed by atoms with Gasteiger partial charge < -0.3 is 8.92 Å². The average Bonchev–Trinajstić information content (AvgIpc) is 2.75. The van der Waals surface area contributed by atoms with Crippen LogP contribution in [0.5, 0.6) is 5.75 Å². The minimum Gasteiger partial charge on any atom is -0.379 e. The van der Waals surface area contributed by atoms with E-state index in [1.807, 2.05) is 30.3 Å². The van der Waals surface area contributed by atoms with Crippen molar-refractivity contribution in [1.82, 2.24) is 4.90 Å². The maximum atomic E-state index is 12.7. The van der Waals surface area contributed by atoms with E-state index in [2.05, 4.69) is 17.0 Å². The first-order valence-electron chi connectivity index (χ1n) is 9.58. The summed E-state index contributed by atoms with van der Waals surface area (Å²) in [5.74, 6) is 0.308. The average molecular weight is 410 g/mol. The third-order valence-corrected chi connectivity index (χ3v) is 6.15. The van der Waals surface area contributed by atoms with Crippen LogP contribution in [0.4, 0.5) is 0 Å². The zero-order valence-corrected chi connectivity index (χ0v) is 16.8. The summed E-state index contributed by atoms with van der Waals surface area (Å²) in [5.41, 5.74) is 1.98. The molecular formula is C23H23NO4S. The van der Waals surface area contributed by atoms with Crippen LogP contribution in [0.2, 0.25) is 0 Å². The second kappa shape index (κ2) is 8.78. The molecule has 29 heavy (non-hydrogen) atoms. The van der Waals surface area contributed by atoms with Crippen LogP contribution in [0.15, 0.2) is 89.8 Å². The van der Waals surface area contributed by atoms with E-state index < -0.39 is 10.1 Å². The molecule has 0 saturated carbocycles. The molecule has 1 atom stereocenters. The summed E-state index contributed by atoms with van der Waals surface area (Å²) in [6, 6.07) is 25.6. The first kappa shape index (κ1) is 19.6. The van der Waals surface area contributed by atoms with Gasteiger partial charge in [0.05, 0.1) is 12.7 Å². The lowest BCUT2D eigenvalue weighted by Gasteiger charge is -2.33. The molecule has 0 bridgehead atoms. The predicted octanol–water partition coefficient (Wildman–Crippen LogP) is 4.03. The Morgan fingerprint density at radius 2 is 1.55 bits per heavy atom. The molecule has 0 radical (unpaired) electrons. The molecule has 1 heterocycles. The summed E-state index contributed by atoms with van der Waals surface area (Å²) in [4.78, 5) is 2.44. The molecule has 150 valence electrons. The monoisotopic (exact) mass is 409 g/mol. The van der Waals surface area contributed by atoms with Crippen molar-refractivity contribution in [2.45, 2.75) is 17.5 Å². The molecule has 3 aromatic carbocycles. The second-order valence-electron chi connectivity index (χ2n) is 6.97. The van der Waals surface area contributed by atoms with Gasteiger partial charge in [-0.25, -0.2) is 0 Å². The van der Waals surface area contributed by atoms with Crippen molar-refractivity contribution < 1.29 is 17.3 Å². The largest absolute Gasteiger partial charge is 0.379 e. The Morgan fingerprint density at radius 1 is 0.897 bits per heavy atom. The standard InChI is InChI=1S/C23H23NO4S/c25-29(26,20-11-5-2-6-12-20)28-22-14-8-7-13-21(22)23-18-24(15-16-27-23)17-19-9-3-1-4-10-19/h1-14,23H,15-18H2/t23-/m0/s1. The third kappa shape index (κ3) is 4.85. The molecule has 0 unspecified atom stereocenters. The first-order valence-corrected chi connectivity index (χ1v) is 11.0. The minimum atomic E-state index is -3.91. The number of benzene rings is 3. The lowest BCUT2D eigenvalue weighted by molar-refractivity contribution is -0.0334. The van der Waals surface area contributed by atoms with E-state index >= 15 is 0 Å². The van der Waals surface area contributed by atoms with Crippen molar-refractivity contribution >= 4 is 10.1 Å². The lowest BCUT2D eigenvalue weighted by atomic mass is 10.1. The van der Waals surface area contributed by atoms with Crippen LogP contribution in [0, 0.1) is 0 Å². The van der Waals surface area contributed by atoms with Crippen molar-refractivity contribution in [3.05, 3.63) is 96.1 Å². The molecule has 1 fully saturated rings. The highest BCUT2D eigenvalue weighted by molar-refractivity contribution is 7.87. The Kier molecular flexibility index (Phi) is 5.94. The zero-order valence-electron chi connectivity index (χ0n) is 16.0. The van der Waals surface area contributed by atoms with Crippen molar-refractivity contribution in [1.29, 1.82) is 0 Å². The normalized spacial score (nSPS) is 17.7. The van der Waals surface area contributed by atoms with E-state index in [0.717, 1.165) is 18.7 Å². The molecule has 0 amide bonds. The topological polar surface area (TPSA) is 55.8 Å². The Labute approximate surface area is 171 Å². The van der Waals surface area contributed by atoms with Gasteiger partial charge in [0.25, 0.3) is 0 Å². The molecule has 5 nitrogen and oxygen atoms in total. The van der Waals surface area contributed by atoms with Gasteiger partial charge in [-0.15, -0.1) is 0 Å². The first-order chi connectivity index (χ1) is 14.1. The van der Waals surface area contributed by atoms with Gasteiger partial charge >= 0.3 is 10.1 Å². The van der Waals surface area contributed by atoms with E-state index in [1.54, 1.807) is 30.3 Å². The lowest BCUT2D eigenvalue weighted by Crippen LogP contribution is -2.38. The van der Waals surface area contributed by atoms with E-state index in [0.29, 0.717) is 18.9 Å². The fourth-order valence-electron chi connectivity index (χ4n) is 3.45. The highest BCUT2D eigenvalue weighted by Crippen LogP contribution is 2.32. The van der Waals surface area contributed by atoms with Crippen LogP contribution >= 0.6 is 0 Å². The molecule has 4 rings (SSSR count). The molecule has 0 aliphatic carbocycles. The fraction of sp³-hybridized carbons (Fsp3) is 0.217. The Hall–Kier alpha value is -2.67. The van der Waals surface area contributed by atoms with Crippen molar-refractivity contribution in [3.8, 4) is 5.75 Å². The van der Waals surface area contributed by atoms with Crippen LogP contribution in [0.3, 0.4) is 0 Å². The zero-order chi connectivity index (χ0) is 20.1. The van der Waals surface area contributed by atoms with Crippen molar-refractivity contribution in [2.75, 3.05) is 19.7 Å². The Morgan fingerprint density at radius 3 is 2.31 bits per heavy atom. The molecule has 6 heteroatoms. The molecular weight excluding hydrogens is 386 g/mol. The number of hydrogen-bond donors (Lipinski definition) is 0. The number of nitrogens with zero attached hydrogens (tertiary/aromatic N) is 1. The predicted molar refractivity (Wildman–Crippen MR) is 111 cm³/mol. The van der Waals surface area contributed by atoms with Crippen LogP contribution in [-0.2, 0) is 21.4 Å². The number of para-hydroxylation sites is 1. The van der Waals surface area contributed by atoms with Gasteiger partial charge in [-0.1, -0.05) is 66.7 Å². The molecule has 1 saturated heterocycles.